The number of hydrogen-bond donors (Lipinski definition) is 0. The lowest BCUT2D eigenvalue weighted by atomic mass is 10.2. The average Bonchev–Trinajstić information content (AvgIpc) is 2.86. The molecule has 4 nitrogen and oxygen atoms in total. The molecule has 1 amide bonds. The van der Waals surface area contributed by atoms with Crippen molar-refractivity contribution in [3.8, 4) is 0 Å². The molecule has 0 saturated heterocycles. The summed E-state index contributed by atoms with van der Waals surface area (Å²) in [5.74, 6) is 0.723. The van der Waals surface area contributed by atoms with Crippen LogP contribution < -0.4 is 0 Å². The van der Waals surface area contributed by atoms with E-state index >= 15 is 0 Å². The van der Waals surface area contributed by atoms with Crippen molar-refractivity contribution >= 4 is 16.9 Å². The molecule has 1 unspecified atom stereocenters. The van der Waals surface area contributed by atoms with Crippen molar-refractivity contribution in [1.29, 1.82) is 0 Å². The van der Waals surface area contributed by atoms with Crippen LogP contribution in [0.25, 0.3) is 11.0 Å². The van der Waals surface area contributed by atoms with Gasteiger partial charge in [-0.05, 0) is 39.8 Å². The number of amides is 1. The minimum absolute atomic E-state index is 0.0575. The summed E-state index contributed by atoms with van der Waals surface area (Å²) in [6.07, 6.45) is 0. The van der Waals surface area contributed by atoms with Crippen molar-refractivity contribution in [3.63, 3.8) is 0 Å². The molecule has 0 fully saturated rings. The topological polar surface area (TPSA) is 42.7 Å². The van der Waals surface area contributed by atoms with Crippen LogP contribution in [-0.4, -0.2) is 30.1 Å². The van der Waals surface area contributed by atoms with Crippen LogP contribution in [0.2, 0.25) is 0 Å². The van der Waals surface area contributed by atoms with E-state index in [9.17, 15) is 4.79 Å². The van der Waals surface area contributed by atoms with Crippen molar-refractivity contribution in [2.75, 3.05) is 13.7 Å². The Morgan fingerprint density at radius 3 is 2.62 bits per heavy atom. The van der Waals surface area contributed by atoms with E-state index in [2.05, 4.69) is 0 Å². The van der Waals surface area contributed by atoms with Crippen LogP contribution in [0.3, 0.4) is 0 Å². The standard InChI is InChI=1S/C17H23NO3/c1-12(18(5)16(19)11-20-17(2,3)4)15-10-13-8-6-7-9-14(13)21-15/h6-10,12H,11H2,1-5H3. The van der Waals surface area contributed by atoms with Gasteiger partial charge in [0.15, 0.2) is 0 Å². The Balaban J connectivity index is 2.07. The van der Waals surface area contributed by atoms with Crippen molar-refractivity contribution in [1.82, 2.24) is 4.90 Å². The number of para-hydroxylation sites is 1. The molecule has 0 aliphatic carbocycles. The zero-order valence-electron chi connectivity index (χ0n) is 13.3. The van der Waals surface area contributed by atoms with Gasteiger partial charge in [0.1, 0.15) is 18.0 Å². The number of ether oxygens (including phenoxy) is 1. The summed E-state index contributed by atoms with van der Waals surface area (Å²) in [5, 5.41) is 1.05. The summed E-state index contributed by atoms with van der Waals surface area (Å²) in [7, 11) is 1.77. The first-order chi connectivity index (χ1) is 9.78. The first kappa shape index (κ1) is 15.6. The van der Waals surface area contributed by atoms with E-state index in [1.54, 1.807) is 11.9 Å². The molecular weight excluding hydrogens is 266 g/mol. The molecule has 114 valence electrons. The van der Waals surface area contributed by atoms with Gasteiger partial charge in [-0.2, -0.15) is 0 Å². The van der Waals surface area contributed by atoms with Gasteiger partial charge >= 0.3 is 0 Å². The monoisotopic (exact) mass is 289 g/mol. The predicted molar refractivity (Wildman–Crippen MR) is 83.1 cm³/mol. The number of benzene rings is 1. The van der Waals surface area contributed by atoms with Crippen LogP contribution in [0.15, 0.2) is 34.7 Å². The molecule has 0 aliphatic heterocycles. The fraction of sp³-hybridized carbons (Fsp3) is 0.471. The van der Waals surface area contributed by atoms with Gasteiger partial charge in [0.2, 0.25) is 5.91 Å². The molecule has 2 rings (SSSR count). The maximum absolute atomic E-state index is 12.2. The van der Waals surface area contributed by atoms with E-state index in [-0.39, 0.29) is 24.2 Å². The van der Waals surface area contributed by atoms with E-state index in [1.807, 2.05) is 58.0 Å². The lowest BCUT2D eigenvalue weighted by Gasteiger charge is -2.26. The number of likely N-dealkylation sites (N-methyl/N-ethyl adjacent to an activating group) is 1. The summed E-state index contributed by atoms with van der Waals surface area (Å²) >= 11 is 0. The minimum atomic E-state index is -0.320. The SMILES string of the molecule is CC(c1cc2ccccc2o1)N(C)C(=O)COC(C)(C)C. The van der Waals surface area contributed by atoms with Crippen molar-refractivity contribution in [3.05, 3.63) is 36.1 Å². The normalized spacial score (nSPS) is 13.4. The Bertz CT molecular complexity index is 591. The molecule has 0 spiro atoms. The van der Waals surface area contributed by atoms with Crippen LogP contribution in [-0.2, 0) is 9.53 Å². The molecule has 1 atom stereocenters. The largest absolute Gasteiger partial charge is 0.459 e. The number of furan rings is 1. The van der Waals surface area contributed by atoms with Crippen LogP contribution in [0, 0.1) is 0 Å². The van der Waals surface area contributed by atoms with Gasteiger partial charge in [0.05, 0.1) is 11.6 Å². The Hall–Kier alpha value is -1.81. The van der Waals surface area contributed by atoms with Gasteiger partial charge in [-0.25, -0.2) is 0 Å². The van der Waals surface area contributed by atoms with E-state index in [1.165, 1.54) is 0 Å². The molecule has 0 radical (unpaired) electrons. The quantitative estimate of drug-likeness (QED) is 0.860. The average molecular weight is 289 g/mol. The molecule has 0 saturated carbocycles. The Kier molecular flexibility index (Phi) is 4.37. The number of hydrogen-bond acceptors (Lipinski definition) is 3. The fourth-order valence-electron chi connectivity index (χ4n) is 2.00. The molecule has 1 aromatic heterocycles. The summed E-state index contributed by atoms with van der Waals surface area (Å²) in [4.78, 5) is 13.8. The van der Waals surface area contributed by atoms with E-state index < -0.39 is 0 Å². The highest BCUT2D eigenvalue weighted by molar-refractivity contribution is 5.79. The van der Waals surface area contributed by atoms with E-state index in [0.717, 1.165) is 16.7 Å². The smallest absolute Gasteiger partial charge is 0.248 e. The number of carbonyl (C=O) groups is 1. The maximum atomic E-state index is 12.2. The van der Waals surface area contributed by atoms with Gasteiger partial charge in [-0.15, -0.1) is 0 Å². The van der Waals surface area contributed by atoms with Gasteiger partial charge in [0.25, 0.3) is 0 Å². The first-order valence-corrected chi connectivity index (χ1v) is 7.16. The molecule has 21 heavy (non-hydrogen) atoms. The highest BCUT2D eigenvalue weighted by Gasteiger charge is 2.22. The summed E-state index contributed by atoms with van der Waals surface area (Å²) in [5.41, 5.74) is 0.519. The number of fused-ring (bicyclic) bond motifs is 1. The molecule has 1 aromatic carbocycles. The van der Waals surface area contributed by atoms with Crippen molar-refractivity contribution in [2.24, 2.45) is 0 Å². The Morgan fingerprint density at radius 2 is 2.00 bits per heavy atom. The second-order valence-corrected chi connectivity index (χ2v) is 6.27. The van der Waals surface area contributed by atoms with Gasteiger partial charge in [0, 0.05) is 12.4 Å². The fourth-order valence-corrected chi connectivity index (χ4v) is 2.00. The Labute approximate surface area is 125 Å². The van der Waals surface area contributed by atoms with Crippen LogP contribution in [0.4, 0.5) is 0 Å². The maximum Gasteiger partial charge on any atom is 0.248 e. The van der Waals surface area contributed by atoms with E-state index in [4.69, 9.17) is 9.15 Å². The van der Waals surface area contributed by atoms with Crippen LogP contribution in [0.1, 0.15) is 39.5 Å². The molecule has 4 heteroatoms. The second-order valence-electron chi connectivity index (χ2n) is 6.27. The highest BCUT2D eigenvalue weighted by Crippen LogP contribution is 2.26. The lowest BCUT2D eigenvalue weighted by molar-refractivity contribution is -0.141. The lowest BCUT2D eigenvalue weighted by Crippen LogP contribution is -2.35. The molecular formula is C17H23NO3. The zero-order chi connectivity index (χ0) is 15.6. The van der Waals surface area contributed by atoms with Crippen molar-refractivity contribution < 1.29 is 13.9 Å². The van der Waals surface area contributed by atoms with Crippen molar-refractivity contribution in [2.45, 2.75) is 39.3 Å². The summed E-state index contributed by atoms with van der Waals surface area (Å²) in [6.45, 7) is 7.83. The van der Waals surface area contributed by atoms with Gasteiger partial charge in [-0.3, -0.25) is 4.79 Å². The number of carbonyl (C=O) groups excluding carboxylic acids is 1. The van der Waals surface area contributed by atoms with Crippen LogP contribution >= 0.6 is 0 Å². The predicted octanol–water partition coefficient (Wildman–Crippen LogP) is 3.77. The third kappa shape index (κ3) is 3.85. The van der Waals surface area contributed by atoms with Gasteiger partial charge in [-0.1, -0.05) is 18.2 Å². The molecule has 0 aliphatic rings. The molecule has 2 aromatic rings. The molecule has 0 bridgehead atoms. The second kappa shape index (κ2) is 5.90. The minimum Gasteiger partial charge on any atom is -0.459 e. The van der Waals surface area contributed by atoms with E-state index in [0.29, 0.717) is 0 Å². The molecule has 1 heterocycles. The van der Waals surface area contributed by atoms with Crippen LogP contribution in [0.5, 0.6) is 0 Å². The third-order valence-corrected chi connectivity index (χ3v) is 3.46. The first-order valence-electron chi connectivity index (χ1n) is 7.16. The number of rotatable bonds is 4. The summed E-state index contributed by atoms with van der Waals surface area (Å²) in [6, 6.07) is 9.68. The third-order valence-electron chi connectivity index (χ3n) is 3.46. The zero-order valence-corrected chi connectivity index (χ0v) is 13.3. The highest BCUT2D eigenvalue weighted by atomic mass is 16.5. The Morgan fingerprint density at radius 1 is 1.33 bits per heavy atom. The number of nitrogens with zero attached hydrogens (tertiary/aromatic N) is 1. The summed E-state index contributed by atoms with van der Waals surface area (Å²) < 4.78 is 11.3. The van der Waals surface area contributed by atoms with Gasteiger partial charge < -0.3 is 14.1 Å². The molecule has 0 N–H and O–H groups in total.